The Morgan fingerprint density at radius 1 is 1.23 bits per heavy atom. The van der Waals surface area contributed by atoms with E-state index in [4.69, 9.17) is 0 Å². The van der Waals surface area contributed by atoms with Gasteiger partial charge in [0, 0.05) is 11.6 Å². The fourth-order valence-electron chi connectivity index (χ4n) is 1.91. The van der Waals surface area contributed by atoms with Crippen LogP contribution in [0.15, 0.2) is 52.5 Å². The van der Waals surface area contributed by atoms with Crippen LogP contribution in [0.2, 0.25) is 0 Å². The number of sulfonamides is 1. The molecule has 0 unspecified atom stereocenters. The average Bonchev–Trinajstić information content (AvgIpc) is 2.55. The van der Waals surface area contributed by atoms with Crippen LogP contribution < -0.4 is 9.57 Å². The lowest BCUT2D eigenvalue weighted by Gasteiger charge is -2.05. The summed E-state index contributed by atoms with van der Waals surface area (Å²) in [5, 5.41) is 14.5. The molecule has 0 atom stereocenters. The van der Waals surface area contributed by atoms with Crippen LogP contribution in [0.1, 0.15) is 11.1 Å². The van der Waals surface area contributed by atoms with Crippen molar-refractivity contribution >= 4 is 21.9 Å². The molecule has 0 saturated carbocycles. The number of nitro groups is 1. The highest BCUT2D eigenvalue weighted by molar-refractivity contribution is 7.89. The van der Waals surface area contributed by atoms with Gasteiger partial charge in [-0.1, -0.05) is 6.07 Å². The quantitative estimate of drug-likeness (QED) is 0.448. The minimum atomic E-state index is -4.10. The van der Waals surface area contributed by atoms with Gasteiger partial charge in [-0.3, -0.25) is 10.1 Å². The van der Waals surface area contributed by atoms with Gasteiger partial charge in [-0.2, -0.15) is 22.3 Å². The third-order valence-electron chi connectivity index (χ3n) is 3.18. The van der Waals surface area contributed by atoms with Crippen LogP contribution in [0.25, 0.3) is 0 Å². The Kier molecular flexibility index (Phi) is 5.82. The number of hydrazone groups is 1. The number of aryl methyl sites for hydroxylation is 1. The third-order valence-corrected chi connectivity index (χ3v) is 4.40. The highest BCUT2D eigenvalue weighted by Gasteiger charge is 2.19. The highest BCUT2D eigenvalue weighted by atomic mass is 32.2. The van der Waals surface area contributed by atoms with Gasteiger partial charge in [0.05, 0.1) is 16.0 Å². The fraction of sp³-hybridized carbons (Fsp3) is 0.133. The number of benzene rings is 2. The number of nitro benzene ring substituents is 1. The van der Waals surface area contributed by atoms with E-state index in [1.54, 1.807) is 0 Å². The van der Waals surface area contributed by atoms with E-state index in [0.29, 0.717) is 11.1 Å². The first kappa shape index (κ1) is 19.2. The van der Waals surface area contributed by atoms with E-state index in [9.17, 15) is 27.3 Å². The van der Waals surface area contributed by atoms with Gasteiger partial charge in [0.2, 0.25) is 0 Å². The minimum Gasteiger partial charge on any atom is -0.435 e. The van der Waals surface area contributed by atoms with E-state index in [-0.39, 0.29) is 16.3 Å². The molecular formula is C15H13F2N3O5S. The maximum Gasteiger partial charge on any atom is 0.387 e. The van der Waals surface area contributed by atoms with Gasteiger partial charge in [-0.25, -0.2) is 4.83 Å². The van der Waals surface area contributed by atoms with Crippen LogP contribution in [-0.2, 0) is 10.0 Å². The average molecular weight is 385 g/mol. The second-order valence-electron chi connectivity index (χ2n) is 5.01. The maximum atomic E-state index is 12.1. The summed E-state index contributed by atoms with van der Waals surface area (Å²) in [4.78, 5) is 11.8. The zero-order valence-electron chi connectivity index (χ0n) is 13.3. The normalized spacial score (nSPS) is 11.7. The summed E-state index contributed by atoms with van der Waals surface area (Å²) in [5.74, 6) is -0.0512. The molecule has 11 heteroatoms. The van der Waals surface area contributed by atoms with Crippen molar-refractivity contribution in [3.63, 3.8) is 0 Å². The molecule has 0 aliphatic carbocycles. The molecule has 0 amide bonds. The van der Waals surface area contributed by atoms with Crippen LogP contribution in [0.5, 0.6) is 5.75 Å². The molecule has 8 nitrogen and oxygen atoms in total. The van der Waals surface area contributed by atoms with Crippen LogP contribution >= 0.6 is 0 Å². The van der Waals surface area contributed by atoms with E-state index >= 15 is 0 Å². The second-order valence-corrected chi connectivity index (χ2v) is 6.67. The Labute approximate surface area is 147 Å². The summed E-state index contributed by atoms with van der Waals surface area (Å²) in [6, 6.07) is 8.80. The Bertz CT molecular complexity index is 931. The molecule has 0 fully saturated rings. The van der Waals surface area contributed by atoms with Crippen molar-refractivity contribution in [2.45, 2.75) is 18.4 Å². The van der Waals surface area contributed by atoms with Gasteiger partial charge in [-0.05, 0) is 42.8 Å². The van der Waals surface area contributed by atoms with Gasteiger partial charge in [-0.15, -0.1) is 0 Å². The van der Waals surface area contributed by atoms with Gasteiger partial charge >= 0.3 is 6.61 Å². The predicted octanol–water partition coefficient (Wildman–Crippen LogP) is 2.82. The van der Waals surface area contributed by atoms with Crippen LogP contribution in [0, 0.1) is 17.0 Å². The number of alkyl halides is 2. The maximum absolute atomic E-state index is 12.1. The van der Waals surface area contributed by atoms with E-state index in [1.807, 2.05) is 4.83 Å². The third kappa shape index (κ3) is 4.96. The Morgan fingerprint density at radius 2 is 1.88 bits per heavy atom. The summed E-state index contributed by atoms with van der Waals surface area (Å²) >= 11 is 0. The molecule has 0 radical (unpaired) electrons. The molecule has 138 valence electrons. The molecule has 0 bridgehead atoms. The first-order chi connectivity index (χ1) is 12.2. The molecule has 2 aromatic rings. The standard InChI is InChI=1S/C15H13F2N3O5S/c1-10-2-7-13(8-14(10)20(21)22)26(23,24)19-18-9-11-3-5-12(6-4-11)25-15(16)17/h2-9,15,19H,1H3. The number of hydrogen-bond donors (Lipinski definition) is 1. The van der Waals surface area contributed by atoms with Crippen molar-refractivity contribution in [2.24, 2.45) is 5.10 Å². The molecular weight excluding hydrogens is 372 g/mol. The molecule has 0 spiro atoms. The predicted molar refractivity (Wildman–Crippen MR) is 88.8 cm³/mol. The summed E-state index contributed by atoms with van der Waals surface area (Å²) in [6.07, 6.45) is 1.15. The van der Waals surface area contributed by atoms with Crippen molar-refractivity contribution in [3.05, 3.63) is 63.7 Å². The zero-order chi connectivity index (χ0) is 19.3. The van der Waals surface area contributed by atoms with Crippen molar-refractivity contribution in [1.29, 1.82) is 0 Å². The van der Waals surface area contributed by atoms with Crippen molar-refractivity contribution in [2.75, 3.05) is 0 Å². The van der Waals surface area contributed by atoms with Gasteiger partial charge in [0.25, 0.3) is 15.7 Å². The summed E-state index contributed by atoms with van der Waals surface area (Å²) < 4.78 is 52.6. The fourth-order valence-corrected chi connectivity index (χ4v) is 2.72. The largest absolute Gasteiger partial charge is 0.435 e. The minimum absolute atomic E-state index is 0.0512. The van der Waals surface area contributed by atoms with Crippen LogP contribution in [-0.4, -0.2) is 26.2 Å². The van der Waals surface area contributed by atoms with Crippen LogP contribution in [0.4, 0.5) is 14.5 Å². The number of nitrogens with one attached hydrogen (secondary N) is 1. The first-order valence-corrected chi connectivity index (χ1v) is 8.52. The van der Waals surface area contributed by atoms with Gasteiger partial charge in [0.15, 0.2) is 0 Å². The number of rotatable bonds is 7. The smallest absolute Gasteiger partial charge is 0.387 e. The SMILES string of the molecule is Cc1ccc(S(=O)(=O)NN=Cc2ccc(OC(F)F)cc2)cc1[N+](=O)[O-]. The van der Waals surface area contributed by atoms with E-state index in [2.05, 4.69) is 9.84 Å². The summed E-state index contributed by atoms with van der Waals surface area (Å²) in [6.45, 7) is -1.46. The molecule has 0 saturated heterocycles. The van der Waals surface area contributed by atoms with Crippen molar-refractivity contribution in [1.82, 2.24) is 4.83 Å². The Balaban J connectivity index is 2.11. The number of halogens is 2. The molecule has 2 rings (SSSR count). The highest BCUT2D eigenvalue weighted by Crippen LogP contribution is 2.22. The van der Waals surface area contributed by atoms with Gasteiger partial charge < -0.3 is 4.74 Å². The second kappa shape index (κ2) is 7.87. The lowest BCUT2D eigenvalue weighted by atomic mass is 10.2. The number of ether oxygens (including phenoxy) is 1. The lowest BCUT2D eigenvalue weighted by molar-refractivity contribution is -0.385. The molecule has 1 N–H and O–H groups in total. The Morgan fingerprint density at radius 3 is 2.46 bits per heavy atom. The van der Waals surface area contributed by atoms with Crippen LogP contribution in [0.3, 0.4) is 0 Å². The molecule has 0 aliphatic rings. The van der Waals surface area contributed by atoms with Crippen molar-refractivity contribution in [3.8, 4) is 5.75 Å². The monoisotopic (exact) mass is 385 g/mol. The summed E-state index contributed by atoms with van der Waals surface area (Å²) in [5.41, 5.74) is 0.416. The lowest BCUT2D eigenvalue weighted by Crippen LogP contribution is -2.18. The zero-order valence-corrected chi connectivity index (χ0v) is 14.1. The number of nitrogens with zero attached hydrogens (tertiary/aromatic N) is 2. The molecule has 2 aromatic carbocycles. The molecule has 0 aliphatic heterocycles. The number of hydrogen-bond acceptors (Lipinski definition) is 6. The van der Waals surface area contributed by atoms with E-state index in [1.165, 1.54) is 43.3 Å². The Hall–Kier alpha value is -3.08. The van der Waals surface area contributed by atoms with E-state index < -0.39 is 21.6 Å². The van der Waals surface area contributed by atoms with Gasteiger partial charge in [0.1, 0.15) is 5.75 Å². The summed E-state index contributed by atoms with van der Waals surface area (Å²) in [7, 11) is -4.10. The van der Waals surface area contributed by atoms with Crippen molar-refractivity contribution < 1.29 is 26.9 Å². The first-order valence-electron chi connectivity index (χ1n) is 7.04. The molecule has 26 heavy (non-hydrogen) atoms. The molecule has 0 aromatic heterocycles. The topological polar surface area (TPSA) is 111 Å². The molecule has 0 heterocycles. The van der Waals surface area contributed by atoms with E-state index in [0.717, 1.165) is 12.3 Å².